The van der Waals surface area contributed by atoms with E-state index in [1.54, 1.807) is 0 Å². The average Bonchev–Trinajstić information content (AvgIpc) is 2.09. The van der Waals surface area contributed by atoms with Crippen LogP contribution in [0.2, 0.25) is 0 Å². The minimum absolute atomic E-state index is 0.213. The van der Waals surface area contributed by atoms with Gasteiger partial charge in [0, 0.05) is 6.61 Å². The Balaban J connectivity index is 2.91. The van der Waals surface area contributed by atoms with E-state index >= 15 is 0 Å². The number of rotatable bonds is 3. The first-order chi connectivity index (χ1) is 6.15. The average molecular weight is 178 g/mol. The SMILES string of the molecule is CCOC(C)c1cc(C)ccc1C. The Morgan fingerprint density at radius 2 is 2.00 bits per heavy atom. The van der Waals surface area contributed by atoms with Gasteiger partial charge in [0.1, 0.15) is 0 Å². The molecule has 0 fully saturated rings. The van der Waals surface area contributed by atoms with Gasteiger partial charge in [-0.05, 0) is 38.8 Å². The Bertz CT molecular complexity index is 278. The Kier molecular flexibility index (Phi) is 3.49. The van der Waals surface area contributed by atoms with Crippen molar-refractivity contribution in [3.05, 3.63) is 34.9 Å². The monoisotopic (exact) mass is 178 g/mol. The molecule has 13 heavy (non-hydrogen) atoms. The maximum Gasteiger partial charge on any atom is 0.0799 e. The van der Waals surface area contributed by atoms with Gasteiger partial charge in [0.25, 0.3) is 0 Å². The summed E-state index contributed by atoms with van der Waals surface area (Å²) in [6.45, 7) is 9.15. The molecule has 1 unspecified atom stereocenters. The number of hydrogen-bond acceptors (Lipinski definition) is 1. The molecular weight excluding hydrogens is 160 g/mol. The van der Waals surface area contributed by atoms with Gasteiger partial charge >= 0.3 is 0 Å². The van der Waals surface area contributed by atoms with E-state index in [1.807, 2.05) is 6.92 Å². The molecule has 1 rings (SSSR count). The van der Waals surface area contributed by atoms with E-state index in [0.717, 1.165) is 6.61 Å². The summed E-state index contributed by atoms with van der Waals surface area (Å²) in [5, 5.41) is 0. The zero-order valence-electron chi connectivity index (χ0n) is 8.92. The van der Waals surface area contributed by atoms with E-state index in [0.29, 0.717) is 0 Å². The lowest BCUT2D eigenvalue weighted by Gasteiger charge is -2.15. The summed E-state index contributed by atoms with van der Waals surface area (Å²) in [5.74, 6) is 0. The maximum absolute atomic E-state index is 5.56. The molecule has 0 saturated carbocycles. The van der Waals surface area contributed by atoms with E-state index in [-0.39, 0.29) is 6.10 Å². The van der Waals surface area contributed by atoms with Crippen LogP contribution >= 0.6 is 0 Å². The quantitative estimate of drug-likeness (QED) is 0.689. The van der Waals surface area contributed by atoms with Crippen LogP contribution in [0.5, 0.6) is 0 Å². The highest BCUT2D eigenvalue weighted by molar-refractivity contribution is 5.31. The standard InChI is InChI=1S/C12H18O/c1-5-13-11(4)12-8-9(2)6-7-10(12)3/h6-8,11H,5H2,1-4H3. The molecule has 0 bridgehead atoms. The van der Waals surface area contributed by atoms with Crippen molar-refractivity contribution in [2.45, 2.75) is 33.8 Å². The van der Waals surface area contributed by atoms with Crippen molar-refractivity contribution in [3.8, 4) is 0 Å². The molecule has 0 heterocycles. The normalized spacial score (nSPS) is 12.9. The molecule has 1 aromatic rings. The minimum atomic E-state index is 0.213. The lowest BCUT2D eigenvalue weighted by molar-refractivity contribution is 0.0759. The van der Waals surface area contributed by atoms with Crippen molar-refractivity contribution in [1.29, 1.82) is 0 Å². The highest BCUT2D eigenvalue weighted by Gasteiger charge is 2.07. The first kappa shape index (κ1) is 10.3. The number of ether oxygens (including phenoxy) is 1. The van der Waals surface area contributed by atoms with Gasteiger partial charge in [-0.25, -0.2) is 0 Å². The highest BCUT2D eigenvalue weighted by atomic mass is 16.5. The fourth-order valence-corrected chi connectivity index (χ4v) is 1.54. The molecule has 0 N–H and O–H groups in total. The zero-order valence-corrected chi connectivity index (χ0v) is 8.92. The molecule has 1 atom stereocenters. The van der Waals surface area contributed by atoms with Gasteiger partial charge in [0.2, 0.25) is 0 Å². The van der Waals surface area contributed by atoms with Gasteiger partial charge in [0.15, 0.2) is 0 Å². The Labute approximate surface area is 80.7 Å². The minimum Gasteiger partial charge on any atom is -0.374 e. The van der Waals surface area contributed by atoms with Crippen LogP contribution in [0.25, 0.3) is 0 Å². The van der Waals surface area contributed by atoms with Gasteiger partial charge in [-0.1, -0.05) is 23.8 Å². The summed E-state index contributed by atoms with van der Waals surface area (Å²) < 4.78 is 5.56. The first-order valence-electron chi connectivity index (χ1n) is 4.84. The zero-order chi connectivity index (χ0) is 9.84. The summed E-state index contributed by atoms with van der Waals surface area (Å²) >= 11 is 0. The van der Waals surface area contributed by atoms with Crippen LogP contribution in [0.1, 0.15) is 36.6 Å². The van der Waals surface area contributed by atoms with Crippen molar-refractivity contribution in [1.82, 2.24) is 0 Å². The molecule has 1 nitrogen and oxygen atoms in total. The highest BCUT2D eigenvalue weighted by Crippen LogP contribution is 2.21. The molecule has 0 aromatic heterocycles. The van der Waals surface area contributed by atoms with Crippen LogP contribution in [0.4, 0.5) is 0 Å². The number of hydrogen-bond donors (Lipinski definition) is 0. The first-order valence-corrected chi connectivity index (χ1v) is 4.84. The molecule has 1 aromatic carbocycles. The second-order valence-electron chi connectivity index (χ2n) is 3.46. The topological polar surface area (TPSA) is 9.23 Å². The van der Waals surface area contributed by atoms with E-state index in [4.69, 9.17) is 4.74 Å². The van der Waals surface area contributed by atoms with Crippen molar-refractivity contribution >= 4 is 0 Å². The van der Waals surface area contributed by atoms with Crippen molar-refractivity contribution < 1.29 is 4.74 Å². The molecule has 0 amide bonds. The lowest BCUT2D eigenvalue weighted by Crippen LogP contribution is -2.01. The molecule has 0 saturated heterocycles. The lowest BCUT2D eigenvalue weighted by atomic mass is 10.0. The fourth-order valence-electron chi connectivity index (χ4n) is 1.54. The van der Waals surface area contributed by atoms with Crippen LogP contribution in [0.3, 0.4) is 0 Å². The fraction of sp³-hybridized carbons (Fsp3) is 0.500. The number of benzene rings is 1. The van der Waals surface area contributed by atoms with Crippen LogP contribution in [-0.2, 0) is 4.74 Å². The summed E-state index contributed by atoms with van der Waals surface area (Å²) in [5.41, 5.74) is 3.92. The van der Waals surface area contributed by atoms with Crippen molar-refractivity contribution in [2.24, 2.45) is 0 Å². The van der Waals surface area contributed by atoms with Crippen LogP contribution in [0.15, 0.2) is 18.2 Å². The van der Waals surface area contributed by atoms with E-state index < -0.39 is 0 Å². The van der Waals surface area contributed by atoms with Crippen molar-refractivity contribution in [2.75, 3.05) is 6.61 Å². The van der Waals surface area contributed by atoms with Crippen LogP contribution in [-0.4, -0.2) is 6.61 Å². The smallest absolute Gasteiger partial charge is 0.0799 e. The predicted octanol–water partition coefficient (Wildman–Crippen LogP) is 3.40. The second kappa shape index (κ2) is 4.43. The molecule has 0 spiro atoms. The van der Waals surface area contributed by atoms with Crippen LogP contribution in [0, 0.1) is 13.8 Å². The molecular formula is C12H18O. The van der Waals surface area contributed by atoms with E-state index in [2.05, 4.69) is 39.0 Å². The Hall–Kier alpha value is -0.820. The summed E-state index contributed by atoms with van der Waals surface area (Å²) in [6, 6.07) is 6.49. The summed E-state index contributed by atoms with van der Waals surface area (Å²) in [6.07, 6.45) is 0.213. The molecule has 0 radical (unpaired) electrons. The molecule has 0 aliphatic rings. The third-order valence-electron chi connectivity index (χ3n) is 2.29. The maximum atomic E-state index is 5.56. The third-order valence-corrected chi connectivity index (χ3v) is 2.29. The van der Waals surface area contributed by atoms with E-state index in [9.17, 15) is 0 Å². The molecule has 0 aliphatic heterocycles. The largest absolute Gasteiger partial charge is 0.374 e. The van der Waals surface area contributed by atoms with Gasteiger partial charge in [-0.2, -0.15) is 0 Å². The molecule has 72 valence electrons. The Morgan fingerprint density at radius 3 is 2.62 bits per heavy atom. The van der Waals surface area contributed by atoms with Gasteiger partial charge < -0.3 is 4.74 Å². The van der Waals surface area contributed by atoms with Gasteiger partial charge in [-0.15, -0.1) is 0 Å². The van der Waals surface area contributed by atoms with Crippen LogP contribution < -0.4 is 0 Å². The second-order valence-corrected chi connectivity index (χ2v) is 3.46. The van der Waals surface area contributed by atoms with Gasteiger partial charge in [-0.3, -0.25) is 0 Å². The van der Waals surface area contributed by atoms with E-state index in [1.165, 1.54) is 16.7 Å². The third kappa shape index (κ3) is 2.56. The van der Waals surface area contributed by atoms with Gasteiger partial charge in [0.05, 0.1) is 6.10 Å². The number of aryl methyl sites for hydroxylation is 2. The molecule has 0 aliphatic carbocycles. The predicted molar refractivity (Wildman–Crippen MR) is 56.0 cm³/mol. The molecule has 1 heteroatoms. The summed E-state index contributed by atoms with van der Waals surface area (Å²) in [4.78, 5) is 0. The summed E-state index contributed by atoms with van der Waals surface area (Å²) in [7, 11) is 0. The van der Waals surface area contributed by atoms with Crippen molar-refractivity contribution in [3.63, 3.8) is 0 Å². The Morgan fingerprint density at radius 1 is 1.31 bits per heavy atom.